The molecule has 0 amide bonds. The molecule has 1 heterocycles. The quantitative estimate of drug-likeness (QED) is 0.323. The highest BCUT2D eigenvalue weighted by molar-refractivity contribution is 5.90. The maximum absolute atomic E-state index is 5.40. The fraction of sp³-hybridized carbons (Fsp3) is 0.188. The number of benzene rings is 4. The molecule has 0 saturated carbocycles. The summed E-state index contributed by atoms with van der Waals surface area (Å²) in [7, 11) is 1.72. The van der Waals surface area contributed by atoms with Crippen molar-refractivity contribution in [1.29, 1.82) is 0 Å². The Labute approximate surface area is 202 Å². The average molecular weight is 444 g/mol. The van der Waals surface area contributed by atoms with Gasteiger partial charge in [0.05, 0.1) is 7.11 Å². The third-order valence-electron chi connectivity index (χ3n) is 7.28. The van der Waals surface area contributed by atoms with E-state index in [0.29, 0.717) is 0 Å². The van der Waals surface area contributed by atoms with Gasteiger partial charge >= 0.3 is 0 Å². The van der Waals surface area contributed by atoms with E-state index < -0.39 is 0 Å². The van der Waals surface area contributed by atoms with Gasteiger partial charge in [-0.25, -0.2) is 0 Å². The second-order valence-corrected chi connectivity index (χ2v) is 9.37. The van der Waals surface area contributed by atoms with E-state index in [1.807, 2.05) is 0 Å². The molecule has 1 aliphatic carbocycles. The minimum absolute atomic E-state index is 0.285. The number of ether oxygens (including phenoxy) is 1. The van der Waals surface area contributed by atoms with Crippen LogP contribution in [0.25, 0.3) is 5.70 Å². The molecule has 34 heavy (non-hydrogen) atoms. The van der Waals surface area contributed by atoms with E-state index in [1.165, 1.54) is 50.3 Å². The van der Waals surface area contributed by atoms with Crippen LogP contribution in [0.5, 0.6) is 5.75 Å². The van der Waals surface area contributed by atoms with E-state index in [1.54, 1.807) is 7.11 Å². The van der Waals surface area contributed by atoms with E-state index in [9.17, 15) is 0 Å². The lowest BCUT2D eigenvalue weighted by Crippen LogP contribution is -2.32. The van der Waals surface area contributed by atoms with Crippen LogP contribution in [0.1, 0.15) is 45.7 Å². The minimum Gasteiger partial charge on any atom is -0.497 e. The Kier molecular flexibility index (Phi) is 5.22. The molecule has 0 fully saturated rings. The predicted molar refractivity (Wildman–Crippen MR) is 140 cm³/mol. The van der Waals surface area contributed by atoms with Crippen molar-refractivity contribution in [2.45, 2.75) is 32.2 Å². The molecule has 0 bridgehead atoms. The minimum atomic E-state index is 0.285. The van der Waals surface area contributed by atoms with E-state index >= 15 is 0 Å². The number of aryl methyl sites for hydroxylation is 2. The van der Waals surface area contributed by atoms with Crippen LogP contribution >= 0.6 is 0 Å². The van der Waals surface area contributed by atoms with Crippen LogP contribution in [0.4, 0.5) is 5.69 Å². The number of fused-ring (bicyclic) bond motifs is 3. The summed E-state index contributed by atoms with van der Waals surface area (Å²) < 4.78 is 5.40. The molecule has 168 valence electrons. The first-order chi connectivity index (χ1) is 16.7. The normalized spacial score (nSPS) is 16.5. The number of rotatable bonds is 4. The lowest BCUT2D eigenvalue weighted by atomic mass is 9.73. The van der Waals surface area contributed by atoms with Gasteiger partial charge in [0.2, 0.25) is 0 Å². The molecule has 6 rings (SSSR count). The van der Waals surface area contributed by atoms with Gasteiger partial charge in [0.25, 0.3) is 0 Å². The second kappa shape index (κ2) is 8.53. The van der Waals surface area contributed by atoms with Crippen LogP contribution in [-0.2, 0) is 13.0 Å². The molecule has 0 unspecified atom stereocenters. The summed E-state index contributed by atoms with van der Waals surface area (Å²) in [5.74, 6) is 1.18. The van der Waals surface area contributed by atoms with Gasteiger partial charge in [-0.15, -0.1) is 0 Å². The van der Waals surface area contributed by atoms with Gasteiger partial charge in [0.15, 0.2) is 0 Å². The molecule has 4 aromatic carbocycles. The number of allylic oxidation sites excluding steroid dienone is 1. The van der Waals surface area contributed by atoms with Crippen LogP contribution in [-0.4, -0.2) is 7.11 Å². The lowest BCUT2D eigenvalue weighted by Gasteiger charge is -2.43. The number of nitrogens with zero attached hydrogens (tertiary/aromatic N) is 1. The summed E-state index contributed by atoms with van der Waals surface area (Å²) in [4.78, 5) is 2.57. The third-order valence-corrected chi connectivity index (χ3v) is 7.28. The largest absolute Gasteiger partial charge is 0.497 e. The summed E-state index contributed by atoms with van der Waals surface area (Å²) in [5, 5.41) is 0. The van der Waals surface area contributed by atoms with Crippen molar-refractivity contribution in [3.63, 3.8) is 0 Å². The van der Waals surface area contributed by atoms with Gasteiger partial charge in [0.1, 0.15) is 5.75 Å². The van der Waals surface area contributed by atoms with Gasteiger partial charge in [0, 0.05) is 29.4 Å². The monoisotopic (exact) mass is 443 g/mol. The summed E-state index contributed by atoms with van der Waals surface area (Å²) in [5.41, 5.74) is 12.4. The fourth-order valence-electron chi connectivity index (χ4n) is 5.67. The van der Waals surface area contributed by atoms with Crippen LogP contribution < -0.4 is 9.64 Å². The first-order valence-corrected chi connectivity index (χ1v) is 12.1. The highest BCUT2D eigenvalue weighted by Crippen LogP contribution is 2.52. The lowest BCUT2D eigenvalue weighted by molar-refractivity contribution is 0.414. The van der Waals surface area contributed by atoms with Crippen LogP contribution in [0.2, 0.25) is 0 Å². The van der Waals surface area contributed by atoms with Crippen molar-refractivity contribution >= 4 is 11.4 Å². The highest BCUT2D eigenvalue weighted by atomic mass is 16.5. The molecule has 2 aliphatic rings. The molecule has 0 saturated heterocycles. The Hall–Kier alpha value is -3.78. The Balaban J connectivity index is 1.58. The van der Waals surface area contributed by atoms with Gasteiger partial charge in [-0.1, -0.05) is 78.9 Å². The predicted octanol–water partition coefficient (Wildman–Crippen LogP) is 7.51. The number of hydrogen-bond acceptors (Lipinski definition) is 2. The third kappa shape index (κ3) is 3.51. The first-order valence-electron chi connectivity index (χ1n) is 12.1. The Bertz CT molecular complexity index is 1370. The van der Waals surface area contributed by atoms with Gasteiger partial charge in [-0.3, -0.25) is 0 Å². The summed E-state index contributed by atoms with van der Waals surface area (Å²) in [6, 6.07) is 35.5. The van der Waals surface area contributed by atoms with E-state index in [0.717, 1.165) is 25.1 Å². The molecule has 0 radical (unpaired) electrons. The molecular formula is C32H29NO. The smallest absolute Gasteiger partial charge is 0.118 e. The molecule has 2 nitrogen and oxygen atoms in total. The van der Waals surface area contributed by atoms with Crippen molar-refractivity contribution in [3.8, 4) is 5.75 Å². The molecule has 1 aliphatic heterocycles. The summed E-state index contributed by atoms with van der Waals surface area (Å²) in [6.45, 7) is 3.03. The van der Waals surface area contributed by atoms with Gasteiger partial charge in [-0.2, -0.15) is 0 Å². The topological polar surface area (TPSA) is 12.5 Å². The van der Waals surface area contributed by atoms with Gasteiger partial charge in [-0.05, 0) is 71.4 Å². The van der Waals surface area contributed by atoms with Crippen molar-refractivity contribution in [2.24, 2.45) is 0 Å². The average Bonchev–Trinajstić information content (AvgIpc) is 2.89. The van der Waals surface area contributed by atoms with Crippen LogP contribution in [0.3, 0.4) is 0 Å². The molecular weight excluding hydrogens is 414 g/mol. The summed E-state index contributed by atoms with van der Waals surface area (Å²) >= 11 is 0. The maximum atomic E-state index is 5.40. The van der Waals surface area contributed by atoms with Crippen molar-refractivity contribution < 1.29 is 4.74 Å². The van der Waals surface area contributed by atoms with Crippen molar-refractivity contribution in [3.05, 3.63) is 136 Å². The zero-order chi connectivity index (χ0) is 23.1. The maximum Gasteiger partial charge on any atom is 0.118 e. The van der Waals surface area contributed by atoms with Crippen LogP contribution in [0, 0.1) is 6.92 Å². The number of hydrogen-bond donors (Lipinski definition) is 0. The Morgan fingerprint density at radius 1 is 0.824 bits per heavy atom. The van der Waals surface area contributed by atoms with Crippen molar-refractivity contribution in [2.75, 3.05) is 12.0 Å². The molecule has 4 aromatic rings. The molecule has 0 N–H and O–H groups in total. The highest BCUT2D eigenvalue weighted by Gasteiger charge is 2.36. The standard InChI is InChI=1S/C32H29NO/c1-22-12-18-28-30(20-22)33(21-23-13-16-26(34-2)17-14-23)32-27-11-7-6-8-24(27)15-19-29(32)31(28)25-9-4-3-5-10-25/h3-14,16-18,20,31H,15,19,21H2,1-2H3/t31-/m1/s1. The fourth-order valence-corrected chi connectivity index (χ4v) is 5.67. The van der Waals surface area contributed by atoms with Crippen LogP contribution in [0.15, 0.2) is 103 Å². The SMILES string of the molecule is COc1ccc(CN2C3=C(CCc4ccccc43)[C@H](c3ccccc3)c3ccc(C)cc32)cc1. The van der Waals surface area contributed by atoms with Crippen molar-refractivity contribution in [1.82, 2.24) is 0 Å². The molecule has 1 atom stereocenters. The number of methoxy groups -OCH3 is 1. The molecule has 0 spiro atoms. The zero-order valence-corrected chi connectivity index (χ0v) is 19.8. The molecule has 2 heteroatoms. The van der Waals surface area contributed by atoms with E-state index in [-0.39, 0.29) is 5.92 Å². The van der Waals surface area contributed by atoms with E-state index in [2.05, 4.69) is 109 Å². The van der Waals surface area contributed by atoms with E-state index in [4.69, 9.17) is 4.74 Å². The first kappa shape index (κ1) is 20.8. The summed E-state index contributed by atoms with van der Waals surface area (Å²) in [6.07, 6.45) is 2.17. The Morgan fingerprint density at radius 3 is 2.38 bits per heavy atom. The second-order valence-electron chi connectivity index (χ2n) is 9.37. The Morgan fingerprint density at radius 2 is 1.59 bits per heavy atom. The zero-order valence-electron chi connectivity index (χ0n) is 19.8. The van der Waals surface area contributed by atoms with Gasteiger partial charge < -0.3 is 9.64 Å². The number of anilines is 1. The molecule has 0 aromatic heterocycles.